The van der Waals surface area contributed by atoms with E-state index in [4.69, 9.17) is 14.9 Å². The number of fused-ring (bicyclic) bond motifs is 1. The summed E-state index contributed by atoms with van der Waals surface area (Å²) in [6.45, 7) is 8.43. The van der Waals surface area contributed by atoms with Gasteiger partial charge < -0.3 is 20.2 Å². The second kappa shape index (κ2) is 10.0. The quantitative estimate of drug-likeness (QED) is 0.368. The smallest absolute Gasteiger partial charge is 0.291 e. The highest BCUT2D eigenvalue weighted by Gasteiger charge is 2.24. The highest BCUT2D eigenvalue weighted by atomic mass is 16.5. The Balaban J connectivity index is 1.21. The van der Waals surface area contributed by atoms with Gasteiger partial charge in [-0.2, -0.15) is 0 Å². The molecule has 186 valence electrons. The van der Waals surface area contributed by atoms with Gasteiger partial charge in [-0.3, -0.25) is 14.7 Å². The zero-order valence-electron chi connectivity index (χ0n) is 21.0. The van der Waals surface area contributed by atoms with Crippen molar-refractivity contribution in [2.45, 2.75) is 46.3 Å². The molecule has 0 bridgehead atoms. The van der Waals surface area contributed by atoms with Crippen molar-refractivity contribution >= 4 is 28.2 Å². The molecule has 1 amide bonds. The first-order chi connectivity index (χ1) is 17.4. The monoisotopic (exact) mass is 484 g/mol. The Labute approximate surface area is 211 Å². The Morgan fingerprint density at radius 1 is 1.11 bits per heavy atom. The van der Waals surface area contributed by atoms with Crippen LogP contribution in [0, 0.1) is 20.8 Å². The average molecular weight is 485 g/mol. The number of nitrogens with zero attached hydrogens (tertiary/aromatic N) is 2. The molecule has 0 radical (unpaired) electrons. The van der Waals surface area contributed by atoms with Crippen molar-refractivity contribution in [1.82, 2.24) is 9.88 Å². The Kier molecular flexibility index (Phi) is 6.65. The maximum atomic E-state index is 13.1. The summed E-state index contributed by atoms with van der Waals surface area (Å²) in [4.78, 5) is 20.0. The predicted octanol–water partition coefficient (Wildman–Crippen LogP) is 5.63. The second-order valence-electron chi connectivity index (χ2n) is 9.60. The molecule has 7 nitrogen and oxygen atoms in total. The molecule has 4 aromatic rings. The van der Waals surface area contributed by atoms with Crippen LogP contribution >= 0.6 is 0 Å². The number of piperidine rings is 1. The van der Waals surface area contributed by atoms with Crippen LogP contribution in [0.25, 0.3) is 10.9 Å². The van der Waals surface area contributed by atoms with E-state index in [-0.39, 0.29) is 12.0 Å². The number of nitrogen functional groups attached to an aromatic ring is 1. The third-order valence-corrected chi connectivity index (χ3v) is 6.98. The lowest BCUT2D eigenvalue weighted by Gasteiger charge is -2.32. The summed E-state index contributed by atoms with van der Waals surface area (Å²) in [5.74, 6) is 0.978. The lowest BCUT2D eigenvalue weighted by Crippen LogP contribution is -2.38. The molecule has 2 aromatic carbocycles. The minimum Gasteiger partial charge on any atom is -0.490 e. The Hall–Kier alpha value is -3.84. The molecule has 0 saturated carbocycles. The van der Waals surface area contributed by atoms with E-state index in [1.165, 1.54) is 5.56 Å². The molecule has 0 unspecified atom stereocenters. The molecule has 0 spiro atoms. The number of benzene rings is 2. The molecule has 1 aliphatic rings. The molecule has 5 rings (SSSR count). The van der Waals surface area contributed by atoms with Crippen LogP contribution in [-0.2, 0) is 6.54 Å². The Morgan fingerprint density at radius 2 is 1.86 bits per heavy atom. The molecule has 0 aliphatic carbocycles. The maximum Gasteiger partial charge on any atom is 0.291 e. The lowest BCUT2D eigenvalue weighted by atomic mass is 10.1. The van der Waals surface area contributed by atoms with Gasteiger partial charge in [0.1, 0.15) is 11.9 Å². The molecule has 1 saturated heterocycles. The van der Waals surface area contributed by atoms with E-state index < -0.39 is 0 Å². The first kappa shape index (κ1) is 23.9. The Bertz CT molecular complexity index is 1390. The van der Waals surface area contributed by atoms with Gasteiger partial charge >= 0.3 is 0 Å². The molecule has 3 N–H and O–H groups in total. The van der Waals surface area contributed by atoms with Crippen LogP contribution in [0.3, 0.4) is 0 Å². The first-order valence-electron chi connectivity index (χ1n) is 12.4. The SMILES string of the molecule is Cc1ccc(OC2CCN(Cc3ccoc3C(=O)Nc3ccc4nc(C)c(C)c(N)c4c3)CC2)cc1. The maximum absolute atomic E-state index is 13.1. The number of furan rings is 1. The number of anilines is 2. The summed E-state index contributed by atoms with van der Waals surface area (Å²) in [6, 6.07) is 15.6. The van der Waals surface area contributed by atoms with E-state index in [9.17, 15) is 4.79 Å². The molecule has 1 aliphatic heterocycles. The third kappa shape index (κ3) is 5.06. The fourth-order valence-corrected chi connectivity index (χ4v) is 4.67. The zero-order valence-corrected chi connectivity index (χ0v) is 21.0. The van der Waals surface area contributed by atoms with Gasteiger partial charge in [0.25, 0.3) is 5.91 Å². The van der Waals surface area contributed by atoms with Gasteiger partial charge in [-0.1, -0.05) is 17.7 Å². The summed E-state index contributed by atoms with van der Waals surface area (Å²) in [7, 11) is 0. The molecule has 3 heterocycles. The summed E-state index contributed by atoms with van der Waals surface area (Å²) in [5.41, 5.74) is 12.4. The van der Waals surface area contributed by atoms with E-state index in [1.54, 1.807) is 6.26 Å². The van der Waals surface area contributed by atoms with Crippen LogP contribution in [0.1, 0.15) is 45.8 Å². The van der Waals surface area contributed by atoms with Crippen LogP contribution in [-0.4, -0.2) is 35.0 Å². The number of nitrogens with one attached hydrogen (secondary N) is 1. The molecule has 1 fully saturated rings. The number of hydrogen-bond donors (Lipinski definition) is 2. The third-order valence-electron chi connectivity index (χ3n) is 6.98. The summed E-state index contributed by atoms with van der Waals surface area (Å²) in [5, 5.41) is 3.78. The summed E-state index contributed by atoms with van der Waals surface area (Å²) >= 11 is 0. The highest BCUT2D eigenvalue weighted by Crippen LogP contribution is 2.28. The van der Waals surface area contributed by atoms with Crippen molar-refractivity contribution in [3.63, 3.8) is 0 Å². The number of pyridine rings is 1. The van der Waals surface area contributed by atoms with Crippen molar-refractivity contribution in [3.8, 4) is 5.75 Å². The first-order valence-corrected chi connectivity index (χ1v) is 12.4. The number of ether oxygens (including phenoxy) is 1. The number of aryl methyl sites for hydroxylation is 2. The van der Waals surface area contributed by atoms with Gasteiger partial charge in [0.15, 0.2) is 5.76 Å². The van der Waals surface area contributed by atoms with E-state index in [2.05, 4.69) is 34.3 Å². The molecule has 0 atom stereocenters. The van der Waals surface area contributed by atoms with Crippen molar-refractivity contribution in [1.29, 1.82) is 0 Å². The number of aromatic nitrogens is 1. The number of carbonyl (C=O) groups is 1. The topological polar surface area (TPSA) is 93.6 Å². The van der Waals surface area contributed by atoms with Gasteiger partial charge in [0.05, 0.1) is 11.8 Å². The molecular formula is C29H32N4O3. The van der Waals surface area contributed by atoms with Crippen molar-refractivity contribution in [2.24, 2.45) is 0 Å². The Morgan fingerprint density at radius 3 is 2.61 bits per heavy atom. The van der Waals surface area contributed by atoms with Gasteiger partial charge in [-0.25, -0.2) is 0 Å². The van der Waals surface area contributed by atoms with E-state index >= 15 is 0 Å². The van der Waals surface area contributed by atoms with Gasteiger partial charge in [-0.05, 0) is 75.6 Å². The number of nitrogens with two attached hydrogens (primary N) is 1. The predicted molar refractivity (Wildman–Crippen MR) is 142 cm³/mol. The van der Waals surface area contributed by atoms with Gasteiger partial charge in [0, 0.05) is 47.7 Å². The van der Waals surface area contributed by atoms with Crippen LogP contribution in [0.2, 0.25) is 0 Å². The number of amides is 1. The second-order valence-corrected chi connectivity index (χ2v) is 9.60. The van der Waals surface area contributed by atoms with E-state index in [0.717, 1.165) is 59.4 Å². The zero-order chi connectivity index (χ0) is 25.2. The molecule has 36 heavy (non-hydrogen) atoms. The minimum atomic E-state index is -0.276. The standard InChI is InChI=1S/C29H32N4O3/c1-18-4-7-23(8-5-18)36-24-10-13-33(14-11-24)17-21-12-15-35-28(21)29(34)32-22-6-9-26-25(16-22)27(30)19(2)20(3)31-26/h4-9,12,15-16,24H,10-11,13-14,17H2,1-3H3,(H2,30,31)(H,32,34). The largest absolute Gasteiger partial charge is 0.490 e. The van der Waals surface area contributed by atoms with Crippen LogP contribution < -0.4 is 15.8 Å². The fourth-order valence-electron chi connectivity index (χ4n) is 4.67. The highest BCUT2D eigenvalue weighted by molar-refractivity contribution is 6.05. The lowest BCUT2D eigenvalue weighted by molar-refractivity contribution is 0.0941. The normalized spacial score (nSPS) is 14.8. The van der Waals surface area contributed by atoms with Crippen molar-refractivity contribution in [2.75, 3.05) is 24.1 Å². The average Bonchev–Trinajstić information content (AvgIpc) is 3.34. The molecule has 7 heteroatoms. The number of likely N-dealkylation sites (tertiary alicyclic amines) is 1. The molecular weight excluding hydrogens is 452 g/mol. The van der Waals surface area contributed by atoms with Gasteiger partial charge in [0.2, 0.25) is 0 Å². The van der Waals surface area contributed by atoms with E-state index in [1.807, 2.05) is 50.2 Å². The van der Waals surface area contributed by atoms with Crippen molar-refractivity contribution in [3.05, 3.63) is 82.9 Å². The number of hydrogen-bond acceptors (Lipinski definition) is 6. The van der Waals surface area contributed by atoms with Crippen LogP contribution in [0.4, 0.5) is 11.4 Å². The van der Waals surface area contributed by atoms with Crippen molar-refractivity contribution < 1.29 is 13.9 Å². The number of rotatable bonds is 6. The fraction of sp³-hybridized carbons (Fsp3) is 0.310. The van der Waals surface area contributed by atoms with Crippen LogP contribution in [0.5, 0.6) is 5.75 Å². The van der Waals surface area contributed by atoms with Gasteiger partial charge in [-0.15, -0.1) is 0 Å². The molecule has 2 aromatic heterocycles. The minimum absolute atomic E-state index is 0.207. The summed E-state index contributed by atoms with van der Waals surface area (Å²) in [6.07, 6.45) is 3.67. The number of carbonyl (C=O) groups excluding carboxylic acids is 1. The summed E-state index contributed by atoms with van der Waals surface area (Å²) < 4.78 is 11.7. The van der Waals surface area contributed by atoms with E-state index in [0.29, 0.717) is 23.7 Å². The van der Waals surface area contributed by atoms with Crippen LogP contribution in [0.15, 0.2) is 59.2 Å².